The van der Waals surface area contributed by atoms with Crippen molar-refractivity contribution in [3.63, 3.8) is 0 Å². The Bertz CT molecular complexity index is 1190. The van der Waals surface area contributed by atoms with E-state index in [0.29, 0.717) is 0 Å². The van der Waals surface area contributed by atoms with E-state index in [9.17, 15) is 4.79 Å². The molecule has 0 bridgehead atoms. The molecule has 0 unspecified atom stereocenters. The molecule has 3 aromatic heterocycles. The summed E-state index contributed by atoms with van der Waals surface area (Å²) in [5.41, 5.74) is 1.86. The molecular formula is C20H13N3OS. The first-order valence-electron chi connectivity index (χ1n) is 7.68. The highest BCUT2D eigenvalue weighted by Gasteiger charge is 2.04. The van der Waals surface area contributed by atoms with Crippen LogP contribution in [0.3, 0.4) is 0 Å². The number of benzene rings is 1. The van der Waals surface area contributed by atoms with Gasteiger partial charge < -0.3 is 4.57 Å². The van der Waals surface area contributed by atoms with Gasteiger partial charge in [0, 0.05) is 48.9 Å². The average Bonchev–Trinajstić information content (AvgIpc) is 3.11. The predicted octanol–water partition coefficient (Wildman–Crippen LogP) is 3.46. The molecule has 0 N–H and O–H groups in total. The standard InChI is InChI=1S/C20H13N3OS/c1-23-13-14(3-7-20(23)24)2-6-19-22-12-18(25-19)16-4-5-17-11-21-9-8-15(17)10-16/h3-5,7-13H,1H3. The third-order valence-electron chi connectivity index (χ3n) is 3.83. The van der Waals surface area contributed by atoms with Crippen LogP contribution in [0.2, 0.25) is 0 Å². The van der Waals surface area contributed by atoms with Gasteiger partial charge >= 0.3 is 0 Å². The molecule has 0 saturated heterocycles. The van der Waals surface area contributed by atoms with E-state index < -0.39 is 0 Å². The molecular weight excluding hydrogens is 330 g/mol. The highest BCUT2D eigenvalue weighted by atomic mass is 32.1. The molecule has 120 valence electrons. The number of thiazole rings is 1. The molecule has 0 aliphatic carbocycles. The second-order valence-electron chi connectivity index (χ2n) is 5.58. The first-order valence-corrected chi connectivity index (χ1v) is 8.49. The Labute approximate surface area is 148 Å². The van der Waals surface area contributed by atoms with E-state index in [0.717, 1.165) is 31.8 Å². The fraction of sp³-hybridized carbons (Fsp3) is 0.0500. The molecule has 0 aliphatic heterocycles. The van der Waals surface area contributed by atoms with Crippen molar-refractivity contribution in [1.29, 1.82) is 0 Å². The van der Waals surface area contributed by atoms with Crippen LogP contribution in [0.5, 0.6) is 0 Å². The number of aryl methyl sites for hydroxylation is 1. The summed E-state index contributed by atoms with van der Waals surface area (Å²) in [5.74, 6) is 6.12. The van der Waals surface area contributed by atoms with Crippen LogP contribution in [0.15, 0.2) is 66.0 Å². The summed E-state index contributed by atoms with van der Waals surface area (Å²) in [4.78, 5) is 21.0. The van der Waals surface area contributed by atoms with Gasteiger partial charge in [-0.15, -0.1) is 11.3 Å². The fourth-order valence-corrected chi connectivity index (χ4v) is 3.26. The SMILES string of the molecule is Cn1cc(C#Cc2ncc(-c3ccc4cnccc4c3)s2)ccc1=O. The monoisotopic (exact) mass is 343 g/mol. The van der Waals surface area contributed by atoms with Gasteiger partial charge in [0.1, 0.15) is 0 Å². The summed E-state index contributed by atoms with van der Waals surface area (Å²) in [7, 11) is 1.71. The number of pyridine rings is 2. The minimum Gasteiger partial charge on any atom is -0.317 e. The summed E-state index contributed by atoms with van der Waals surface area (Å²) in [6.07, 6.45) is 7.22. The molecule has 0 saturated carbocycles. The molecule has 3 heterocycles. The maximum Gasteiger partial charge on any atom is 0.250 e. The average molecular weight is 343 g/mol. The second kappa shape index (κ2) is 6.34. The number of fused-ring (bicyclic) bond motifs is 1. The quantitative estimate of drug-likeness (QED) is 0.497. The van der Waals surface area contributed by atoms with Gasteiger partial charge in [0.15, 0.2) is 5.01 Å². The van der Waals surface area contributed by atoms with E-state index in [-0.39, 0.29) is 5.56 Å². The lowest BCUT2D eigenvalue weighted by atomic mass is 10.1. The third-order valence-corrected chi connectivity index (χ3v) is 4.79. The normalized spacial score (nSPS) is 10.4. The van der Waals surface area contributed by atoms with Crippen LogP contribution in [0.25, 0.3) is 21.2 Å². The summed E-state index contributed by atoms with van der Waals surface area (Å²) in [5, 5.41) is 3.02. The van der Waals surface area contributed by atoms with Gasteiger partial charge in [0.2, 0.25) is 5.56 Å². The van der Waals surface area contributed by atoms with Crippen molar-refractivity contribution in [3.05, 3.63) is 82.1 Å². The minimum atomic E-state index is -0.0476. The van der Waals surface area contributed by atoms with Crippen molar-refractivity contribution in [1.82, 2.24) is 14.5 Å². The highest BCUT2D eigenvalue weighted by molar-refractivity contribution is 7.15. The molecule has 5 heteroatoms. The van der Waals surface area contributed by atoms with Gasteiger partial charge in [-0.05, 0) is 35.1 Å². The molecule has 0 spiro atoms. The zero-order valence-corrected chi connectivity index (χ0v) is 14.2. The first kappa shape index (κ1) is 15.3. The van der Waals surface area contributed by atoms with Crippen molar-refractivity contribution in [3.8, 4) is 22.3 Å². The Morgan fingerprint density at radius 3 is 2.84 bits per heavy atom. The lowest BCUT2D eigenvalue weighted by molar-refractivity contribution is 0.857. The number of nitrogens with zero attached hydrogens (tertiary/aromatic N) is 3. The Morgan fingerprint density at radius 2 is 1.96 bits per heavy atom. The van der Waals surface area contributed by atoms with Gasteiger partial charge in [-0.1, -0.05) is 18.1 Å². The number of hydrogen-bond acceptors (Lipinski definition) is 4. The van der Waals surface area contributed by atoms with E-state index >= 15 is 0 Å². The molecule has 25 heavy (non-hydrogen) atoms. The van der Waals surface area contributed by atoms with Crippen LogP contribution < -0.4 is 5.56 Å². The maximum atomic E-state index is 11.4. The summed E-state index contributed by atoms with van der Waals surface area (Å²) >= 11 is 1.55. The molecule has 4 nitrogen and oxygen atoms in total. The Morgan fingerprint density at radius 1 is 1.04 bits per heavy atom. The molecule has 4 aromatic rings. The third kappa shape index (κ3) is 3.21. The molecule has 1 aromatic carbocycles. The van der Waals surface area contributed by atoms with Gasteiger partial charge in [-0.25, -0.2) is 4.98 Å². The summed E-state index contributed by atoms with van der Waals surface area (Å²) in [6, 6.07) is 11.5. The largest absolute Gasteiger partial charge is 0.317 e. The van der Waals surface area contributed by atoms with Gasteiger partial charge in [0.25, 0.3) is 0 Å². The topological polar surface area (TPSA) is 47.8 Å². The number of hydrogen-bond donors (Lipinski definition) is 0. The van der Waals surface area contributed by atoms with Crippen molar-refractivity contribution in [2.75, 3.05) is 0 Å². The fourth-order valence-electron chi connectivity index (χ4n) is 2.50. The van der Waals surface area contributed by atoms with Crippen LogP contribution in [0, 0.1) is 11.8 Å². The smallest absolute Gasteiger partial charge is 0.250 e. The molecule has 0 amide bonds. The molecule has 4 rings (SSSR count). The Kier molecular flexibility index (Phi) is 3.88. The van der Waals surface area contributed by atoms with Crippen LogP contribution in [-0.4, -0.2) is 14.5 Å². The van der Waals surface area contributed by atoms with E-state index in [1.807, 2.05) is 18.5 Å². The van der Waals surface area contributed by atoms with E-state index in [1.54, 1.807) is 36.8 Å². The molecule has 0 atom stereocenters. The maximum absolute atomic E-state index is 11.4. The zero-order valence-electron chi connectivity index (χ0n) is 13.4. The number of aromatic nitrogens is 3. The summed E-state index contributed by atoms with van der Waals surface area (Å²) in [6.45, 7) is 0. The minimum absolute atomic E-state index is 0.0476. The van der Waals surface area contributed by atoms with Crippen molar-refractivity contribution in [2.24, 2.45) is 7.05 Å². The van der Waals surface area contributed by atoms with Crippen LogP contribution in [-0.2, 0) is 7.05 Å². The first-order chi connectivity index (χ1) is 12.2. The predicted molar refractivity (Wildman–Crippen MR) is 101 cm³/mol. The lowest BCUT2D eigenvalue weighted by Crippen LogP contribution is -2.14. The molecule has 0 fully saturated rings. The van der Waals surface area contributed by atoms with Gasteiger partial charge in [-0.2, -0.15) is 0 Å². The summed E-state index contributed by atoms with van der Waals surface area (Å²) < 4.78 is 1.52. The molecule has 0 aliphatic rings. The molecule has 0 radical (unpaired) electrons. The Balaban J connectivity index is 1.64. The van der Waals surface area contributed by atoms with Gasteiger partial charge in [0.05, 0.1) is 4.88 Å². The second-order valence-corrected chi connectivity index (χ2v) is 6.61. The number of rotatable bonds is 1. The van der Waals surface area contributed by atoms with Gasteiger partial charge in [-0.3, -0.25) is 9.78 Å². The van der Waals surface area contributed by atoms with E-state index in [4.69, 9.17) is 0 Å². The Hall–Kier alpha value is -3.23. The van der Waals surface area contributed by atoms with E-state index in [2.05, 4.69) is 40.0 Å². The highest BCUT2D eigenvalue weighted by Crippen LogP contribution is 2.28. The lowest BCUT2D eigenvalue weighted by Gasteiger charge is -2.00. The van der Waals surface area contributed by atoms with Crippen molar-refractivity contribution < 1.29 is 0 Å². The van der Waals surface area contributed by atoms with Crippen molar-refractivity contribution >= 4 is 22.1 Å². The van der Waals surface area contributed by atoms with Crippen molar-refractivity contribution in [2.45, 2.75) is 0 Å². The van der Waals surface area contributed by atoms with E-state index in [1.165, 1.54) is 10.6 Å². The van der Waals surface area contributed by atoms with Crippen LogP contribution >= 0.6 is 11.3 Å². The van der Waals surface area contributed by atoms with Crippen LogP contribution in [0.4, 0.5) is 0 Å². The van der Waals surface area contributed by atoms with Crippen LogP contribution in [0.1, 0.15) is 10.6 Å². The zero-order chi connectivity index (χ0) is 17.2.